The fourth-order valence-electron chi connectivity index (χ4n) is 5.52. The Kier molecular flexibility index (Phi) is 6.46. The lowest BCUT2D eigenvalue weighted by Crippen LogP contribution is -2.47. The van der Waals surface area contributed by atoms with E-state index in [1.807, 2.05) is 6.07 Å². The summed E-state index contributed by atoms with van der Waals surface area (Å²) in [5, 5.41) is 0. The predicted octanol–water partition coefficient (Wildman–Crippen LogP) is 6.40. The first-order valence-electron chi connectivity index (χ1n) is 12.8. The lowest BCUT2D eigenvalue weighted by molar-refractivity contribution is 0.129. The molecular weight excluding hydrogens is 471 g/mol. The van der Waals surface area contributed by atoms with Gasteiger partial charge in [0.15, 0.2) is 0 Å². The van der Waals surface area contributed by atoms with Crippen LogP contribution in [0.15, 0.2) is 71.6 Å². The maximum absolute atomic E-state index is 13.2. The summed E-state index contributed by atoms with van der Waals surface area (Å²) in [5.74, 6) is -0.401. The van der Waals surface area contributed by atoms with Crippen LogP contribution in [-0.4, -0.2) is 26.4 Å². The third-order valence-electron chi connectivity index (χ3n) is 7.88. The Morgan fingerprint density at radius 2 is 1.64 bits per heavy atom. The summed E-state index contributed by atoms with van der Waals surface area (Å²) in [6, 6.07) is 20.0. The van der Waals surface area contributed by atoms with Crippen molar-refractivity contribution in [2.45, 2.75) is 68.7 Å². The Balaban J connectivity index is 1.29. The SMILES string of the molecule is CC(C)(C)c1ccc(C2(CN3CCc4cc(S(=O)(=O)Nc5ccc(F)cc5)ccc4C3)CCC2)cc1. The van der Waals surface area contributed by atoms with Gasteiger partial charge in [-0.05, 0) is 83.3 Å². The number of anilines is 1. The topological polar surface area (TPSA) is 49.4 Å². The van der Waals surface area contributed by atoms with E-state index in [-0.39, 0.29) is 15.7 Å². The Bertz CT molecular complexity index is 1340. The second-order valence-electron chi connectivity index (χ2n) is 11.5. The van der Waals surface area contributed by atoms with Gasteiger partial charge in [0.2, 0.25) is 0 Å². The number of hydrogen-bond donors (Lipinski definition) is 1. The van der Waals surface area contributed by atoms with Crippen LogP contribution in [0.5, 0.6) is 0 Å². The summed E-state index contributed by atoms with van der Waals surface area (Å²) in [6.45, 7) is 9.55. The minimum absolute atomic E-state index is 0.156. The van der Waals surface area contributed by atoms with E-state index in [4.69, 9.17) is 0 Å². The first-order valence-corrected chi connectivity index (χ1v) is 14.3. The van der Waals surface area contributed by atoms with E-state index in [2.05, 4.69) is 54.7 Å². The minimum Gasteiger partial charge on any atom is -0.298 e. The molecule has 0 bridgehead atoms. The van der Waals surface area contributed by atoms with Crippen molar-refractivity contribution < 1.29 is 12.8 Å². The summed E-state index contributed by atoms with van der Waals surface area (Å²) in [6.07, 6.45) is 4.54. The summed E-state index contributed by atoms with van der Waals surface area (Å²) in [4.78, 5) is 2.78. The average Bonchev–Trinajstić information content (AvgIpc) is 2.82. The quantitative estimate of drug-likeness (QED) is 0.421. The largest absolute Gasteiger partial charge is 0.298 e. The molecule has 3 aromatic rings. The van der Waals surface area contributed by atoms with Crippen molar-refractivity contribution in [3.8, 4) is 0 Å². The molecule has 0 saturated heterocycles. The molecule has 1 N–H and O–H groups in total. The molecule has 0 atom stereocenters. The second-order valence-corrected chi connectivity index (χ2v) is 13.1. The predicted molar refractivity (Wildman–Crippen MR) is 143 cm³/mol. The molecule has 0 amide bonds. The molecule has 6 heteroatoms. The van der Waals surface area contributed by atoms with Crippen LogP contribution in [0.3, 0.4) is 0 Å². The molecule has 3 aromatic carbocycles. The van der Waals surface area contributed by atoms with Crippen molar-refractivity contribution in [1.82, 2.24) is 4.90 Å². The number of sulfonamides is 1. The molecule has 1 saturated carbocycles. The Morgan fingerprint density at radius 3 is 2.25 bits per heavy atom. The van der Waals surface area contributed by atoms with E-state index in [1.54, 1.807) is 12.1 Å². The minimum atomic E-state index is -3.73. The van der Waals surface area contributed by atoms with Gasteiger partial charge in [-0.3, -0.25) is 9.62 Å². The third kappa shape index (κ3) is 5.07. The molecule has 2 aliphatic rings. The zero-order valence-corrected chi connectivity index (χ0v) is 22.2. The standard InChI is InChI=1S/C30H35FN2O2S/c1-29(2,3)24-6-8-25(9-7-24)30(16-4-17-30)21-33-18-15-22-19-28(14-5-23(22)20-33)36(34,35)32-27-12-10-26(31)11-13-27/h5-14,19,32H,4,15-18,20-21H2,1-3H3. The molecule has 4 nitrogen and oxygen atoms in total. The second kappa shape index (κ2) is 9.31. The molecule has 1 fully saturated rings. The van der Waals surface area contributed by atoms with Crippen molar-refractivity contribution in [3.63, 3.8) is 0 Å². The van der Waals surface area contributed by atoms with E-state index in [0.717, 1.165) is 31.6 Å². The molecule has 0 aromatic heterocycles. The fourth-order valence-corrected chi connectivity index (χ4v) is 6.62. The number of halogens is 1. The highest BCUT2D eigenvalue weighted by Gasteiger charge is 2.40. The van der Waals surface area contributed by atoms with Gasteiger partial charge in [-0.25, -0.2) is 12.8 Å². The van der Waals surface area contributed by atoms with Crippen molar-refractivity contribution in [1.29, 1.82) is 0 Å². The van der Waals surface area contributed by atoms with E-state index in [9.17, 15) is 12.8 Å². The van der Waals surface area contributed by atoms with Crippen molar-refractivity contribution >= 4 is 15.7 Å². The summed E-state index contributed by atoms with van der Waals surface area (Å²) in [5.41, 5.74) is 5.82. The number of benzene rings is 3. The molecule has 1 aliphatic carbocycles. The highest BCUT2D eigenvalue weighted by Crippen LogP contribution is 2.45. The Morgan fingerprint density at radius 1 is 0.944 bits per heavy atom. The van der Waals surface area contributed by atoms with Gasteiger partial charge in [-0.2, -0.15) is 0 Å². The van der Waals surface area contributed by atoms with E-state index < -0.39 is 15.8 Å². The van der Waals surface area contributed by atoms with Crippen LogP contribution in [-0.2, 0) is 33.8 Å². The van der Waals surface area contributed by atoms with Gasteiger partial charge >= 0.3 is 0 Å². The molecule has 0 spiro atoms. The molecule has 0 radical (unpaired) electrons. The van der Waals surface area contributed by atoms with E-state index >= 15 is 0 Å². The van der Waals surface area contributed by atoms with E-state index in [1.165, 1.54) is 60.2 Å². The smallest absolute Gasteiger partial charge is 0.261 e. The molecular formula is C30H35FN2O2S. The zero-order valence-electron chi connectivity index (χ0n) is 21.4. The molecule has 1 aliphatic heterocycles. The number of hydrogen-bond acceptors (Lipinski definition) is 3. The number of nitrogens with zero attached hydrogens (tertiary/aromatic N) is 1. The van der Waals surface area contributed by atoms with Gasteiger partial charge in [0.25, 0.3) is 10.0 Å². The highest BCUT2D eigenvalue weighted by molar-refractivity contribution is 7.92. The highest BCUT2D eigenvalue weighted by atomic mass is 32.2. The number of fused-ring (bicyclic) bond motifs is 1. The Labute approximate surface area is 214 Å². The first kappa shape index (κ1) is 25.0. The van der Waals surface area contributed by atoms with Crippen LogP contribution >= 0.6 is 0 Å². The van der Waals surface area contributed by atoms with Crippen LogP contribution in [0.1, 0.15) is 62.3 Å². The van der Waals surface area contributed by atoms with Crippen LogP contribution < -0.4 is 4.72 Å². The lowest BCUT2D eigenvalue weighted by atomic mass is 9.63. The molecule has 36 heavy (non-hydrogen) atoms. The molecule has 190 valence electrons. The Hall–Kier alpha value is -2.70. The third-order valence-corrected chi connectivity index (χ3v) is 9.25. The monoisotopic (exact) mass is 506 g/mol. The van der Waals surface area contributed by atoms with Crippen LogP contribution in [0, 0.1) is 5.82 Å². The van der Waals surface area contributed by atoms with Crippen LogP contribution in [0.2, 0.25) is 0 Å². The van der Waals surface area contributed by atoms with Crippen molar-refractivity contribution in [3.05, 3.63) is 94.8 Å². The lowest BCUT2D eigenvalue weighted by Gasteiger charge is -2.47. The van der Waals surface area contributed by atoms with Crippen molar-refractivity contribution in [2.75, 3.05) is 17.8 Å². The summed E-state index contributed by atoms with van der Waals surface area (Å²) >= 11 is 0. The van der Waals surface area contributed by atoms with Gasteiger partial charge in [0.05, 0.1) is 4.90 Å². The first-order chi connectivity index (χ1) is 17.0. The van der Waals surface area contributed by atoms with Gasteiger partial charge in [-0.1, -0.05) is 57.5 Å². The fraction of sp³-hybridized carbons (Fsp3) is 0.400. The van der Waals surface area contributed by atoms with Gasteiger partial charge in [0.1, 0.15) is 5.82 Å². The maximum Gasteiger partial charge on any atom is 0.261 e. The van der Waals surface area contributed by atoms with Gasteiger partial charge < -0.3 is 0 Å². The maximum atomic E-state index is 13.2. The summed E-state index contributed by atoms with van der Waals surface area (Å²) < 4.78 is 41.5. The van der Waals surface area contributed by atoms with Crippen LogP contribution in [0.25, 0.3) is 0 Å². The molecule has 5 rings (SSSR count). The average molecular weight is 507 g/mol. The number of nitrogens with one attached hydrogen (secondary N) is 1. The van der Waals surface area contributed by atoms with Crippen LogP contribution in [0.4, 0.5) is 10.1 Å². The van der Waals surface area contributed by atoms with Crippen molar-refractivity contribution in [2.24, 2.45) is 0 Å². The summed E-state index contributed by atoms with van der Waals surface area (Å²) in [7, 11) is -3.73. The van der Waals surface area contributed by atoms with E-state index in [0.29, 0.717) is 5.69 Å². The van der Waals surface area contributed by atoms with Gasteiger partial charge in [-0.15, -0.1) is 0 Å². The zero-order chi connectivity index (χ0) is 25.6. The molecule has 1 heterocycles. The van der Waals surface area contributed by atoms with Gasteiger partial charge in [0, 0.05) is 30.7 Å². The normalized spacial score (nSPS) is 17.8. The number of rotatable bonds is 6. The molecule has 0 unspecified atom stereocenters.